The Morgan fingerprint density at radius 2 is 2.26 bits per heavy atom. The van der Waals surface area contributed by atoms with Crippen molar-refractivity contribution in [3.05, 3.63) is 18.1 Å². The van der Waals surface area contributed by atoms with Gasteiger partial charge in [-0.15, -0.1) is 0 Å². The summed E-state index contributed by atoms with van der Waals surface area (Å²) in [6, 6.07) is 0.429. The summed E-state index contributed by atoms with van der Waals surface area (Å²) in [5.41, 5.74) is 0.409. The molecule has 6 nitrogen and oxygen atoms in total. The van der Waals surface area contributed by atoms with E-state index >= 15 is 0 Å². The van der Waals surface area contributed by atoms with Crippen molar-refractivity contribution in [2.24, 2.45) is 0 Å². The lowest BCUT2D eigenvalue weighted by Gasteiger charge is -2.35. The van der Waals surface area contributed by atoms with Crippen LogP contribution in [0.5, 0.6) is 0 Å². The van der Waals surface area contributed by atoms with Gasteiger partial charge in [-0.3, -0.25) is 9.78 Å². The molecule has 1 aromatic heterocycles. The molecule has 1 unspecified atom stereocenters. The van der Waals surface area contributed by atoms with Gasteiger partial charge in [0.2, 0.25) is 0 Å². The predicted octanol–water partition coefficient (Wildman–Crippen LogP) is 0.684. The molecule has 1 atom stereocenters. The number of hydrogen-bond acceptors (Lipinski definition) is 5. The van der Waals surface area contributed by atoms with Crippen molar-refractivity contribution in [1.29, 1.82) is 0 Å². The minimum Gasteiger partial charge on any atom is -0.372 e. The number of likely N-dealkylation sites (N-methyl/N-ethyl adjacent to an activating group) is 1. The maximum atomic E-state index is 12.4. The van der Waals surface area contributed by atoms with Crippen LogP contribution in [-0.2, 0) is 0 Å². The normalized spacial score (nSPS) is 19.6. The van der Waals surface area contributed by atoms with Crippen molar-refractivity contribution in [3.63, 3.8) is 0 Å². The Morgan fingerprint density at radius 3 is 2.95 bits per heavy atom. The lowest BCUT2D eigenvalue weighted by Crippen LogP contribution is -2.47. The zero-order valence-electron chi connectivity index (χ0n) is 11.8. The third-order valence-electron chi connectivity index (χ3n) is 3.52. The van der Waals surface area contributed by atoms with Gasteiger partial charge in [0.05, 0.1) is 12.4 Å². The van der Waals surface area contributed by atoms with Gasteiger partial charge in [0.25, 0.3) is 5.91 Å². The molecule has 0 bridgehead atoms. The van der Waals surface area contributed by atoms with Gasteiger partial charge in [-0.25, -0.2) is 4.98 Å². The Morgan fingerprint density at radius 1 is 1.47 bits per heavy atom. The summed E-state index contributed by atoms with van der Waals surface area (Å²) < 4.78 is 0. The number of piperidine rings is 1. The Hall–Kier alpha value is -1.69. The largest absolute Gasteiger partial charge is 0.372 e. The molecular weight excluding hydrogens is 242 g/mol. The fourth-order valence-electron chi connectivity index (χ4n) is 2.31. The van der Waals surface area contributed by atoms with Crippen molar-refractivity contribution in [1.82, 2.24) is 19.8 Å². The van der Waals surface area contributed by atoms with Crippen molar-refractivity contribution in [2.45, 2.75) is 18.9 Å². The molecule has 0 saturated carbocycles. The standard InChI is InChI=1S/C13H21N5O/c1-14-12-8-15-7-11(16-12)13(19)18-6-4-5-10(9-18)17(2)3/h7-8,10H,4-6,9H2,1-3H3,(H,14,16). The molecule has 1 amide bonds. The van der Waals surface area contributed by atoms with Gasteiger partial charge in [0.1, 0.15) is 11.5 Å². The van der Waals surface area contributed by atoms with Crippen molar-refractivity contribution >= 4 is 11.7 Å². The van der Waals surface area contributed by atoms with Crippen molar-refractivity contribution < 1.29 is 4.79 Å². The summed E-state index contributed by atoms with van der Waals surface area (Å²) in [7, 11) is 5.88. The van der Waals surface area contributed by atoms with Gasteiger partial charge < -0.3 is 15.1 Å². The van der Waals surface area contributed by atoms with E-state index in [1.54, 1.807) is 13.2 Å². The molecule has 1 aromatic rings. The first-order valence-corrected chi connectivity index (χ1v) is 6.57. The quantitative estimate of drug-likeness (QED) is 0.869. The number of carbonyl (C=O) groups is 1. The number of likely N-dealkylation sites (tertiary alicyclic amines) is 1. The van der Waals surface area contributed by atoms with Gasteiger partial charge in [0, 0.05) is 26.2 Å². The second kappa shape index (κ2) is 5.97. The molecular formula is C13H21N5O. The van der Waals surface area contributed by atoms with Crippen molar-refractivity contribution in [2.75, 3.05) is 39.5 Å². The second-order valence-corrected chi connectivity index (χ2v) is 5.05. The van der Waals surface area contributed by atoms with Gasteiger partial charge in [-0.05, 0) is 26.9 Å². The van der Waals surface area contributed by atoms with Crippen LogP contribution in [0.25, 0.3) is 0 Å². The molecule has 1 N–H and O–H groups in total. The predicted molar refractivity (Wildman–Crippen MR) is 74.2 cm³/mol. The monoisotopic (exact) mass is 263 g/mol. The molecule has 6 heteroatoms. The maximum Gasteiger partial charge on any atom is 0.274 e. The van der Waals surface area contributed by atoms with Crippen LogP contribution >= 0.6 is 0 Å². The van der Waals surface area contributed by atoms with E-state index in [1.165, 1.54) is 6.20 Å². The molecule has 1 aliphatic rings. The molecule has 19 heavy (non-hydrogen) atoms. The molecule has 104 valence electrons. The number of rotatable bonds is 3. The van der Waals surface area contributed by atoms with Crippen LogP contribution in [0.1, 0.15) is 23.3 Å². The molecule has 0 aromatic carbocycles. The summed E-state index contributed by atoms with van der Waals surface area (Å²) in [5, 5.41) is 2.90. The lowest BCUT2D eigenvalue weighted by atomic mass is 10.0. The number of aromatic nitrogens is 2. The number of nitrogens with one attached hydrogen (secondary N) is 1. The van der Waals surface area contributed by atoms with E-state index < -0.39 is 0 Å². The summed E-state index contributed by atoms with van der Waals surface area (Å²) >= 11 is 0. The maximum absolute atomic E-state index is 12.4. The number of hydrogen-bond donors (Lipinski definition) is 1. The minimum absolute atomic E-state index is 0.0313. The molecule has 2 rings (SSSR count). The van der Waals surface area contributed by atoms with Gasteiger partial charge in [0.15, 0.2) is 0 Å². The fourth-order valence-corrected chi connectivity index (χ4v) is 2.31. The zero-order chi connectivity index (χ0) is 13.8. The summed E-state index contributed by atoms with van der Waals surface area (Å²) in [5.74, 6) is 0.586. The third-order valence-corrected chi connectivity index (χ3v) is 3.52. The lowest BCUT2D eigenvalue weighted by molar-refractivity contribution is 0.0629. The average Bonchev–Trinajstić information content (AvgIpc) is 2.46. The van der Waals surface area contributed by atoms with E-state index in [1.807, 2.05) is 4.90 Å². The first-order chi connectivity index (χ1) is 9.11. The molecule has 1 aliphatic heterocycles. The zero-order valence-corrected chi connectivity index (χ0v) is 11.8. The molecule has 2 heterocycles. The Kier molecular flexibility index (Phi) is 4.31. The number of nitrogens with zero attached hydrogens (tertiary/aromatic N) is 4. The van der Waals surface area contributed by atoms with E-state index in [-0.39, 0.29) is 5.91 Å². The highest BCUT2D eigenvalue weighted by molar-refractivity contribution is 5.92. The molecule has 0 radical (unpaired) electrons. The molecule has 0 spiro atoms. The number of carbonyl (C=O) groups excluding carboxylic acids is 1. The summed E-state index contributed by atoms with van der Waals surface area (Å²) in [4.78, 5) is 24.8. The van der Waals surface area contributed by atoms with Crippen LogP contribution in [0.3, 0.4) is 0 Å². The van der Waals surface area contributed by atoms with Gasteiger partial charge in [-0.2, -0.15) is 0 Å². The summed E-state index contributed by atoms with van der Waals surface area (Å²) in [6.45, 7) is 1.56. The van der Waals surface area contributed by atoms with Crippen LogP contribution < -0.4 is 5.32 Å². The Bertz CT molecular complexity index is 448. The highest BCUT2D eigenvalue weighted by Gasteiger charge is 2.26. The highest BCUT2D eigenvalue weighted by Crippen LogP contribution is 2.16. The van der Waals surface area contributed by atoms with E-state index in [0.29, 0.717) is 17.6 Å². The molecule has 1 fully saturated rings. The van der Waals surface area contributed by atoms with Gasteiger partial charge in [-0.1, -0.05) is 0 Å². The van der Waals surface area contributed by atoms with E-state index in [0.717, 1.165) is 25.9 Å². The third kappa shape index (κ3) is 3.20. The van der Waals surface area contributed by atoms with Crippen LogP contribution in [-0.4, -0.2) is 65.9 Å². The number of anilines is 1. The summed E-state index contributed by atoms with van der Waals surface area (Å²) in [6.07, 6.45) is 5.31. The first kappa shape index (κ1) is 13.7. The van der Waals surface area contributed by atoms with Crippen LogP contribution in [0.15, 0.2) is 12.4 Å². The Balaban J connectivity index is 2.10. The van der Waals surface area contributed by atoms with E-state index in [2.05, 4.69) is 34.3 Å². The first-order valence-electron chi connectivity index (χ1n) is 6.57. The SMILES string of the molecule is CNc1cncc(C(=O)N2CCCC(N(C)C)C2)n1. The van der Waals surface area contributed by atoms with Crippen LogP contribution in [0, 0.1) is 0 Å². The van der Waals surface area contributed by atoms with Crippen molar-refractivity contribution in [3.8, 4) is 0 Å². The van der Waals surface area contributed by atoms with Crippen LogP contribution in [0.4, 0.5) is 5.82 Å². The average molecular weight is 263 g/mol. The van der Waals surface area contributed by atoms with Gasteiger partial charge >= 0.3 is 0 Å². The smallest absolute Gasteiger partial charge is 0.274 e. The van der Waals surface area contributed by atoms with E-state index in [9.17, 15) is 4.79 Å². The minimum atomic E-state index is -0.0313. The van der Waals surface area contributed by atoms with Crippen LogP contribution in [0.2, 0.25) is 0 Å². The highest BCUT2D eigenvalue weighted by atomic mass is 16.2. The topological polar surface area (TPSA) is 61.4 Å². The second-order valence-electron chi connectivity index (χ2n) is 5.05. The molecule has 0 aliphatic carbocycles. The molecule has 1 saturated heterocycles. The Labute approximate surface area is 113 Å². The van der Waals surface area contributed by atoms with E-state index in [4.69, 9.17) is 0 Å². The fraction of sp³-hybridized carbons (Fsp3) is 0.615. The number of amides is 1.